The number of nitrogens with zero attached hydrogens (tertiary/aromatic N) is 4. The van der Waals surface area contributed by atoms with Gasteiger partial charge in [0.05, 0.1) is 0 Å². The molecule has 0 saturated heterocycles. The minimum Gasteiger partial charge on any atom is -0.263 e. The maximum Gasteiger partial charge on any atom is 0.462 e. The van der Waals surface area contributed by atoms with Crippen LogP contribution < -0.4 is 0 Å². The van der Waals surface area contributed by atoms with Crippen molar-refractivity contribution < 1.29 is 154 Å². The third-order valence-electron chi connectivity index (χ3n) is 5.69. The van der Waals surface area contributed by atoms with Gasteiger partial charge in [0.15, 0.2) is 0 Å². The van der Waals surface area contributed by atoms with Gasteiger partial charge in [0.1, 0.15) is 0 Å². The maximum atomic E-state index is 14.4. The minimum atomic E-state index is -8.10. The maximum absolute atomic E-state index is 14.4. The number of aromatic nitrogens is 6. The number of halogens is 30. The standard InChI is InChI=1S/C10HClF17N3O4S.C7HClF11N3O3S/c11-36(32,33)2-29-1(30-31-2)3(12,6(16,17)18)34-10(27,28)5(15,8(22,23)24)35-9(25,26)4(13,14)7(19,20)21;8-26(23,24)2-20-1(21-22-2)3(9,5(12,13)14)25-7(18,19)4(10,11)6(15,16)17/h(H,29,30,31);(H,20,21,22). The monoisotopic (exact) mass is 1070 g/mol. The molecule has 0 saturated carbocycles. The van der Waals surface area contributed by atoms with Crippen molar-refractivity contribution in [2.24, 2.45) is 0 Å². The minimum absolute atomic E-state index is 0.525. The van der Waals surface area contributed by atoms with Crippen LogP contribution >= 0.6 is 21.4 Å². The Morgan fingerprint density at radius 3 is 0.855 bits per heavy atom. The SMILES string of the molecule is O=S(=O)(Cl)c1n[nH]c(C(F)(OC(F)(F)C(F)(F)C(F)(F)F)C(F)(F)F)n1.O=S(=O)(Cl)c1n[nH]c(C(F)(OC(F)(F)C(F)(OC(F)(F)C(F)(F)C(F)(F)F)C(F)(F)F)C(F)(F)F)n1. The molecule has 2 aromatic rings. The molecule has 13 nitrogen and oxygen atoms in total. The molecule has 0 aromatic carbocycles. The van der Waals surface area contributed by atoms with Crippen LogP contribution in [0.4, 0.5) is 123 Å². The second-order valence-electron chi connectivity index (χ2n) is 10.1. The molecular formula is C17H2Cl2F28N6O7S2. The van der Waals surface area contributed by atoms with Gasteiger partial charge in [0.2, 0.25) is 11.6 Å². The lowest BCUT2D eigenvalue weighted by atomic mass is 10.2. The van der Waals surface area contributed by atoms with E-state index in [0.29, 0.717) is 5.10 Å². The zero-order chi connectivity index (χ0) is 50.2. The molecule has 62 heavy (non-hydrogen) atoms. The molecule has 2 rings (SSSR count). The number of alkyl halides is 28. The Morgan fingerprint density at radius 2 is 0.645 bits per heavy atom. The number of rotatable bonds is 13. The van der Waals surface area contributed by atoms with Gasteiger partial charge in [0.25, 0.3) is 28.4 Å². The molecule has 364 valence electrons. The van der Waals surface area contributed by atoms with E-state index in [-0.39, 0.29) is 0 Å². The van der Waals surface area contributed by atoms with Gasteiger partial charge < -0.3 is 0 Å². The average Bonchev–Trinajstić information content (AvgIpc) is 3.69. The first-order valence-corrected chi connectivity index (χ1v) is 17.3. The van der Waals surface area contributed by atoms with Crippen molar-refractivity contribution >= 4 is 39.5 Å². The number of H-pyrrole nitrogens is 2. The summed E-state index contributed by atoms with van der Waals surface area (Å²) >= 11 is 0. The van der Waals surface area contributed by atoms with Crippen LogP contribution in [0.1, 0.15) is 11.6 Å². The summed E-state index contributed by atoms with van der Waals surface area (Å²) in [5.74, 6) is -41.8. The number of ether oxygens (including phenoxy) is 3. The van der Waals surface area contributed by atoms with Gasteiger partial charge in [-0.3, -0.25) is 24.4 Å². The van der Waals surface area contributed by atoms with E-state index >= 15 is 0 Å². The molecule has 0 radical (unpaired) electrons. The van der Waals surface area contributed by atoms with Crippen molar-refractivity contribution in [3.8, 4) is 0 Å². The van der Waals surface area contributed by atoms with Crippen LogP contribution in [0.2, 0.25) is 0 Å². The molecule has 0 spiro atoms. The van der Waals surface area contributed by atoms with Gasteiger partial charge in [-0.1, -0.05) is 0 Å². The summed E-state index contributed by atoms with van der Waals surface area (Å²) in [6, 6.07) is 0. The normalized spacial score (nSPS) is 18.0. The number of aromatic amines is 2. The Morgan fingerprint density at radius 1 is 0.387 bits per heavy atom. The first kappa shape index (κ1) is 56.7. The van der Waals surface area contributed by atoms with Crippen LogP contribution in [-0.2, 0) is 44.0 Å². The quantitative estimate of drug-likeness (QED) is 0.146. The predicted octanol–water partition coefficient (Wildman–Crippen LogP) is 8.29. The Hall–Kier alpha value is -3.32. The van der Waals surface area contributed by atoms with Crippen LogP contribution in [0.5, 0.6) is 0 Å². The molecular weight excluding hydrogens is 1070 g/mol. The van der Waals surface area contributed by atoms with Crippen LogP contribution in [0.3, 0.4) is 0 Å². The van der Waals surface area contributed by atoms with Gasteiger partial charge in [-0.2, -0.15) is 133 Å². The van der Waals surface area contributed by atoms with Crippen LogP contribution in [0.25, 0.3) is 0 Å². The Labute approximate surface area is 324 Å². The van der Waals surface area contributed by atoms with E-state index in [9.17, 15) is 140 Å². The number of hydrogen-bond acceptors (Lipinski definition) is 11. The molecule has 0 aliphatic carbocycles. The molecule has 0 aliphatic rings. The molecule has 0 amide bonds. The zero-order valence-electron chi connectivity index (χ0n) is 26.3. The summed E-state index contributed by atoms with van der Waals surface area (Å²) in [5.41, 5.74) is 0. The largest absolute Gasteiger partial charge is 0.462 e. The van der Waals surface area contributed by atoms with Gasteiger partial charge in [0, 0.05) is 21.4 Å². The fourth-order valence-electron chi connectivity index (χ4n) is 2.82. The van der Waals surface area contributed by atoms with Gasteiger partial charge in [-0.25, -0.2) is 16.8 Å². The summed E-state index contributed by atoms with van der Waals surface area (Å²) in [6.45, 7) is 0. The lowest BCUT2D eigenvalue weighted by Crippen LogP contribution is -2.67. The smallest absolute Gasteiger partial charge is 0.263 e. The van der Waals surface area contributed by atoms with Crippen LogP contribution in [0.15, 0.2) is 10.3 Å². The van der Waals surface area contributed by atoms with Crippen molar-refractivity contribution in [2.75, 3.05) is 0 Å². The molecule has 45 heteroatoms. The molecule has 0 aliphatic heterocycles. The Bertz CT molecular complexity index is 2130. The Kier molecular flexibility index (Phi) is 14.6. The van der Waals surface area contributed by atoms with E-state index < -0.39 is 119 Å². The highest BCUT2D eigenvalue weighted by atomic mass is 35.7. The highest BCUT2D eigenvalue weighted by Crippen LogP contribution is 2.58. The first-order chi connectivity index (χ1) is 26.5. The predicted molar refractivity (Wildman–Crippen MR) is 127 cm³/mol. The van der Waals surface area contributed by atoms with Crippen molar-refractivity contribution in [2.45, 2.75) is 88.9 Å². The average molecular weight is 1070 g/mol. The summed E-state index contributed by atoms with van der Waals surface area (Å²) in [6.07, 6.45) is -59.7. The first-order valence-electron chi connectivity index (χ1n) is 12.7. The number of nitrogens with one attached hydrogen (secondary N) is 2. The van der Waals surface area contributed by atoms with Crippen LogP contribution in [0, 0.1) is 0 Å². The third-order valence-corrected chi connectivity index (χ3v) is 7.76. The van der Waals surface area contributed by atoms with Crippen LogP contribution in [-0.4, -0.2) is 114 Å². The molecule has 2 heterocycles. The molecule has 0 bridgehead atoms. The van der Waals surface area contributed by atoms with Gasteiger partial charge >= 0.3 is 78.6 Å². The highest BCUT2D eigenvalue weighted by molar-refractivity contribution is 8.13. The van der Waals surface area contributed by atoms with Gasteiger partial charge in [-0.05, 0) is 0 Å². The van der Waals surface area contributed by atoms with E-state index in [4.69, 9.17) is 0 Å². The molecule has 2 N–H and O–H groups in total. The molecule has 2 aromatic heterocycles. The number of hydrogen-bond donors (Lipinski definition) is 2. The van der Waals surface area contributed by atoms with Gasteiger partial charge in [-0.15, -0.1) is 10.2 Å². The zero-order valence-corrected chi connectivity index (χ0v) is 29.4. The summed E-state index contributed by atoms with van der Waals surface area (Å²) in [5, 5.41) is 1.93. The lowest BCUT2D eigenvalue weighted by Gasteiger charge is -2.40. The topological polar surface area (TPSA) is 179 Å². The summed E-state index contributed by atoms with van der Waals surface area (Å²) < 4.78 is 409. The Balaban J connectivity index is 0.000000653. The van der Waals surface area contributed by atoms with E-state index in [1.807, 2.05) is 9.72 Å². The van der Waals surface area contributed by atoms with E-state index in [1.165, 1.54) is 4.74 Å². The summed E-state index contributed by atoms with van der Waals surface area (Å²) in [4.78, 5) is 4.18. The van der Waals surface area contributed by atoms with Crippen molar-refractivity contribution in [1.82, 2.24) is 30.4 Å². The van der Waals surface area contributed by atoms with Crippen molar-refractivity contribution in [3.05, 3.63) is 11.6 Å². The third kappa shape index (κ3) is 10.6. The lowest BCUT2D eigenvalue weighted by molar-refractivity contribution is -0.554. The second kappa shape index (κ2) is 16.0. The van der Waals surface area contributed by atoms with Crippen molar-refractivity contribution in [1.29, 1.82) is 0 Å². The molecule has 0 fully saturated rings. The highest BCUT2D eigenvalue weighted by Gasteiger charge is 2.85. The summed E-state index contributed by atoms with van der Waals surface area (Å²) in [7, 11) is -1.35. The fraction of sp³-hybridized carbons (Fsp3) is 0.765. The molecule has 3 unspecified atom stereocenters. The molecule has 3 atom stereocenters. The van der Waals surface area contributed by atoms with E-state index in [2.05, 4.69) is 41.3 Å². The van der Waals surface area contributed by atoms with Crippen molar-refractivity contribution in [3.63, 3.8) is 0 Å². The fourth-order valence-corrected chi connectivity index (χ4v) is 3.94. The second-order valence-corrected chi connectivity index (χ2v) is 15.0. The van der Waals surface area contributed by atoms with E-state index in [1.54, 1.807) is 0 Å². The van der Waals surface area contributed by atoms with E-state index in [0.717, 1.165) is 5.10 Å².